The number of likely N-dealkylation sites (tertiary alicyclic amines) is 1. The van der Waals surface area contributed by atoms with Crippen LogP contribution in [0.5, 0.6) is 0 Å². The number of nitrogens with two attached hydrogens (primary N) is 1. The van der Waals surface area contributed by atoms with Gasteiger partial charge in [0, 0.05) is 36.5 Å². The minimum absolute atomic E-state index is 0.0161. The summed E-state index contributed by atoms with van der Waals surface area (Å²) in [5.74, 6) is -0.869. The Bertz CT molecular complexity index is 918. The molecule has 0 bridgehead atoms. The molecule has 156 valence electrons. The molecular formula is C19H23F2N5O2S. The topological polar surface area (TPSA) is 101 Å². The molecule has 3 heterocycles. The van der Waals surface area contributed by atoms with Gasteiger partial charge >= 0.3 is 0 Å². The number of pyridine rings is 1. The highest BCUT2D eigenvalue weighted by Gasteiger charge is 2.32. The summed E-state index contributed by atoms with van der Waals surface area (Å²) in [5.41, 5.74) is 5.12. The van der Waals surface area contributed by atoms with Crippen molar-refractivity contribution in [1.29, 1.82) is 0 Å². The van der Waals surface area contributed by atoms with Gasteiger partial charge in [-0.1, -0.05) is 6.92 Å². The molecular weight excluding hydrogens is 400 g/mol. The third kappa shape index (κ3) is 4.36. The van der Waals surface area contributed by atoms with E-state index in [-0.39, 0.29) is 38.7 Å². The summed E-state index contributed by atoms with van der Waals surface area (Å²) < 4.78 is 27.6. The van der Waals surface area contributed by atoms with Crippen molar-refractivity contribution >= 4 is 29.0 Å². The third-order valence-electron chi connectivity index (χ3n) is 4.83. The average Bonchev–Trinajstić information content (AvgIpc) is 3.32. The molecule has 10 heteroatoms. The summed E-state index contributed by atoms with van der Waals surface area (Å²) in [6.07, 6.45) is 1.04. The van der Waals surface area contributed by atoms with Gasteiger partial charge in [-0.15, -0.1) is 11.3 Å². The van der Waals surface area contributed by atoms with Crippen molar-refractivity contribution in [2.75, 3.05) is 18.4 Å². The Labute approximate surface area is 171 Å². The zero-order valence-electron chi connectivity index (χ0n) is 16.2. The van der Waals surface area contributed by atoms with Crippen LogP contribution in [0.2, 0.25) is 0 Å². The maximum Gasteiger partial charge on any atom is 0.277 e. The largest absolute Gasteiger partial charge is 0.370 e. The summed E-state index contributed by atoms with van der Waals surface area (Å²) in [5, 5.41) is 2.88. The summed E-state index contributed by atoms with van der Waals surface area (Å²) >= 11 is 0.837. The van der Waals surface area contributed by atoms with Crippen molar-refractivity contribution in [3.8, 4) is 10.4 Å². The lowest BCUT2D eigenvalue weighted by Gasteiger charge is -2.21. The van der Waals surface area contributed by atoms with E-state index in [2.05, 4.69) is 15.3 Å². The van der Waals surface area contributed by atoms with E-state index in [0.29, 0.717) is 18.9 Å². The Morgan fingerprint density at radius 2 is 2.21 bits per heavy atom. The second-order valence-corrected chi connectivity index (χ2v) is 7.93. The van der Waals surface area contributed by atoms with E-state index in [1.54, 1.807) is 4.90 Å². The molecule has 0 saturated carbocycles. The SMILES string of the molecule is CCCNc1cc(C(F)F)c(-c2sc(C(N)=O)nc2C(=O)N2CCCC2C)cn1. The molecule has 0 aliphatic carbocycles. The molecule has 1 atom stereocenters. The minimum atomic E-state index is -2.79. The highest BCUT2D eigenvalue weighted by atomic mass is 32.1. The van der Waals surface area contributed by atoms with E-state index < -0.39 is 12.3 Å². The molecule has 1 fully saturated rings. The predicted molar refractivity (Wildman–Crippen MR) is 107 cm³/mol. The van der Waals surface area contributed by atoms with Gasteiger partial charge in [0.25, 0.3) is 18.2 Å². The minimum Gasteiger partial charge on any atom is -0.370 e. The van der Waals surface area contributed by atoms with Gasteiger partial charge in [0.15, 0.2) is 5.01 Å². The normalized spacial score (nSPS) is 16.4. The van der Waals surface area contributed by atoms with Crippen LogP contribution in [0.4, 0.5) is 14.6 Å². The van der Waals surface area contributed by atoms with Gasteiger partial charge in [0.05, 0.1) is 4.88 Å². The zero-order chi connectivity index (χ0) is 21.1. The monoisotopic (exact) mass is 423 g/mol. The van der Waals surface area contributed by atoms with Gasteiger partial charge in [0.1, 0.15) is 11.5 Å². The van der Waals surface area contributed by atoms with Crippen LogP contribution in [0, 0.1) is 0 Å². The van der Waals surface area contributed by atoms with E-state index in [1.807, 2.05) is 13.8 Å². The van der Waals surface area contributed by atoms with Crippen molar-refractivity contribution in [3.05, 3.63) is 28.5 Å². The zero-order valence-corrected chi connectivity index (χ0v) is 17.1. The number of primary amides is 1. The summed E-state index contributed by atoms with van der Waals surface area (Å²) in [7, 11) is 0. The number of nitrogens with zero attached hydrogens (tertiary/aromatic N) is 3. The molecule has 1 saturated heterocycles. The highest BCUT2D eigenvalue weighted by Crippen LogP contribution is 2.38. The number of hydrogen-bond donors (Lipinski definition) is 2. The van der Waals surface area contributed by atoms with Crippen LogP contribution < -0.4 is 11.1 Å². The summed E-state index contributed by atoms with van der Waals surface area (Å²) in [6, 6.07) is 1.29. The average molecular weight is 423 g/mol. The molecule has 3 rings (SSSR count). The Balaban J connectivity index is 2.09. The first-order valence-corrected chi connectivity index (χ1v) is 10.3. The lowest BCUT2D eigenvalue weighted by Crippen LogP contribution is -2.34. The van der Waals surface area contributed by atoms with Crippen LogP contribution in [0.15, 0.2) is 12.3 Å². The van der Waals surface area contributed by atoms with E-state index in [1.165, 1.54) is 12.3 Å². The standard InChI is InChI=1S/C19H23F2N5O2S/c1-3-6-23-13-8-11(16(20)21)12(9-24-13)15-14(25-18(29-15)17(22)27)19(28)26-7-4-5-10(26)2/h8-10,16H,3-7H2,1-2H3,(H2,22,27)(H,23,24). The van der Waals surface area contributed by atoms with Crippen molar-refractivity contribution in [3.63, 3.8) is 0 Å². The molecule has 1 aliphatic rings. The number of carbonyl (C=O) groups is 2. The number of rotatable bonds is 7. The number of alkyl halides is 2. The number of carbonyl (C=O) groups excluding carboxylic acids is 2. The van der Waals surface area contributed by atoms with E-state index in [4.69, 9.17) is 5.73 Å². The summed E-state index contributed by atoms with van der Waals surface area (Å²) in [6.45, 7) is 5.03. The first kappa shape index (κ1) is 21.1. The van der Waals surface area contributed by atoms with Gasteiger partial charge in [-0.3, -0.25) is 9.59 Å². The molecule has 2 amide bonds. The molecule has 2 aromatic heterocycles. The maximum atomic E-state index is 13.8. The smallest absolute Gasteiger partial charge is 0.277 e. The molecule has 1 unspecified atom stereocenters. The molecule has 0 spiro atoms. The van der Waals surface area contributed by atoms with Crippen molar-refractivity contribution in [2.45, 2.75) is 45.6 Å². The number of halogens is 2. The number of hydrogen-bond acceptors (Lipinski definition) is 6. The fourth-order valence-electron chi connectivity index (χ4n) is 3.31. The Morgan fingerprint density at radius 1 is 1.45 bits per heavy atom. The van der Waals surface area contributed by atoms with Gasteiger partial charge in [0.2, 0.25) is 0 Å². The number of thiazole rings is 1. The second kappa shape index (κ2) is 8.81. The van der Waals surface area contributed by atoms with E-state index in [9.17, 15) is 18.4 Å². The fourth-order valence-corrected chi connectivity index (χ4v) is 4.26. The second-order valence-electron chi connectivity index (χ2n) is 6.94. The summed E-state index contributed by atoms with van der Waals surface area (Å²) in [4.78, 5) is 34.9. The van der Waals surface area contributed by atoms with Gasteiger partial charge in [-0.2, -0.15) is 0 Å². The van der Waals surface area contributed by atoms with Crippen molar-refractivity contribution in [1.82, 2.24) is 14.9 Å². The first-order chi connectivity index (χ1) is 13.8. The lowest BCUT2D eigenvalue weighted by atomic mass is 10.1. The van der Waals surface area contributed by atoms with Gasteiger partial charge in [-0.25, -0.2) is 18.7 Å². The lowest BCUT2D eigenvalue weighted by molar-refractivity contribution is 0.0743. The Kier molecular flexibility index (Phi) is 6.41. The van der Waals surface area contributed by atoms with E-state index >= 15 is 0 Å². The number of nitrogens with one attached hydrogen (secondary N) is 1. The molecule has 29 heavy (non-hydrogen) atoms. The van der Waals surface area contributed by atoms with Crippen LogP contribution in [-0.4, -0.2) is 45.8 Å². The predicted octanol–water partition coefficient (Wildman–Crippen LogP) is 3.69. The van der Waals surface area contributed by atoms with Crippen molar-refractivity contribution < 1.29 is 18.4 Å². The number of anilines is 1. The fraction of sp³-hybridized carbons (Fsp3) is 0.474. The molecule has 0 aromatic carbocycles. The van der Waals surface area contributed by atoms with Crippen LogP contribution in [0.3, 0.4) is 0 Å². The number of aromatic nitrogens is 2. The maximum absolute atomic E-state index is 13.8. The Morgan fingerprint density at radius 3 is 2.79 bits per heavy atom. The van der Waals surface area contributed by atoms with E-state index in [0.717, 1.165) is 30.6 Å². The highest BCUT2D eigenvalue weighted by molar-refractivity contribution is 7.17. The Hall–Kier alpha value is -2.62. The molecule has 0 radical (unpaired) electrons. The molecule has 1 aliphatic heterocycles. The molecule has 3 N–H and O–H groups in total. The molecule has 7 nitrogen and oxygen atoms in total. The van der Waals surface area contributed by atoms with Crippen LogP contribution in [0.25, 0.3) is 10.4 Å². The van der Waals surface area contributed by atoms with Gasteiger partial charge in [-0.05, 0) is 32.3 Å². The van der Waals surface area contributed by atoms with Crippen molar-refractivity contribution in [2.24, 2.45) is 5.73 Å². The van der Waals surface area contributed by atoms with Gasteiger partial charge < -0.3 is 16.0 Å². The quantitative estimate of drug-likeness (QED) is 0.707. The van der Waals surface area contributed by atoms with Crippen LogP contribution in [0.1, 0.15) is 65.4 Å². The molecule has 2 aromatic rings. The first-order valence-electron chi connectivity index (χ1n) is 9.47. The third-order valence-corrected chi connectivity index (χ3v) is 5.93. The van der Waals surface area contributed by atoms with Crippen LogP contribution >= 0.6 is 11.3 Å². The van der Waals surface area contributed by atoms with Crippen LogP contribution in [-0.2, 0) is 0 Å². The number of amides is 2.